The van der Waals surface area contributed by atoms with Crippen molar-refractivity contribution in [1.29, 1.82) is 0 Å². The van der Waals surface area contributed by atoms with E-state index in [4.69, 9.17) is 9.47 Å². The Labute approximate surface area is 217 Å². The van der Waals surface area contributed by atoms with E-state index in [0.29, 0.717) is 30.9 Å². The number of carbonyl (C=O) groups excluding carboxylic acids is 2. The van der Waals surface area contributed by atoms with Crippen LogP contribution in [-0.2, 0) is 16.0 Å². The maximum atomic E-state index is 13.3. The molecule has 1 amide bonds. The number of Topliss-reactive ketones (excluding diaryl/α,β-unsaturated/α-hetero) is 1. The normalized spacial score (nSPS) is 16.6. The van der Waals surface area contributed by atoms with Crippen molar-refractivity contribution >= 4 is 23.1 Å². The third-order valence-corrected chi connectivity index (χ3v) is 6.48. The molecule has 4 rings (SSSR count). The Morgan fingerprint density at radius 2 is 1.68 bits per heavy atom. The summed E-state index contributed by atoms with van der Waals surface area (Å²) in [5, 5.41) is 11.3. The van der Waals surface area contributed by atoms with Gasteiger partial charge in [-0.25, -0.2) is 0 Å². The van der Waals surface area contributed by atoms with Crippen LogP contribution < -0.4 is 14.4 Å². The van der Waals surface area contributed by atoms with Gasteiger partial charge in [-0.3, -0.25) is 9.59 Å². The number of ether oxygens (including phenoxy) is 2. The summed E-state index contributed by atoms with van der Waals surface area (Å²) >= 11 is 0. The first-order valence-corrected chi connectivity index (χ1v) is 12.3. The van der Waals surface area contributed by atoms with E-state index in [1.807, 2.05) is 74.4 Å². The van der Waals surface area contributed by atoms with Crippen molar-refractivity contribution in [2.24, 2.45) is 0 Å². The van der Waals surface area contributed by atoms with E-state index in [0.717, 1.165) is 22.6 Å². The molecule has 1 N–H and O–H groups in total. The fraction of sp³-hybridized carbons (Fsp3) is 0.267. The second kappa shape index (κ2) is 11.2. The van der Waals surface area contributed by atoms with E-state index in [1.165, 1.54) is 0 Å². The average Bonchev–Trinajstić information content (AvgIpc) is 3.17. The molecule has 1 aliphatic heterocycles. The Bertz CT molecular complexity index is 1300. The van der Waals surface area contributed by atoms with Gasteiger partial charge in [-0.2, -0.15) is 0 Å². The van der Waals surface area contributed by atoms with Crippen molar-refractivity contribution in [3.8, 4) is 11.5 Å². The zero-order valence-electron chi connectivity index (χ0n) is 21.6. The molecule has 37 heavy (non-hydrogen) atoms. The fourth-order valence-electron chi connectivity index (χ4n) is 4.51. The number of ketones is 1. The van der Waals surface area contributed by atoms with Gasteiger partial charge in [0.1, 0.15) is 17.3 Å². The Kier molecular flexibility index (Phi) is 7.82. The van der Waals surface area contributed by atoms with Crippen LogP contribution >= 0.6 is 0 Å². The maximum Gasteiger partial charge on any atom is 0.295 e. The lowest BCUT2D eigenvalue weighted by atomic mass is 9.95. The molecule has 7 heteroatoms. The zero-order valence-corrected chi connectivity index (χ0v) is 21.6. The first-order chi connectivity index (χ1) is 17.8. The molecule has 0 radical (unpaired) electrons. The van der Waals surface area contributed by atoms with Gasteiger partial charge in [-0.15, -0.1) is 0 Å². The summed E-state index contributed by atoms with van der Waals surface area (Å²) < 4.78 is 10.8. The Balaban J connectivity index is 1.75. The highest BCUT2D eigenvalue weighted by Gasteiger charge is 2.45. The molecule has 1 heterocycles. The molecule has 3 aromatic carbocycles. The Morgan fingerprint density at radius 3 is 2.30 bits per heavy atom. The van der Waals surface area contributed by atoms with Crippen molar-refractivity contribution < 1.29 is 24.2 Å². The largest absolute Gasteiger partial charge is 0.507 e. The summed E-state index contributed by atoms with van der Waals surface area (Å²) in [5.74, 6) is -0.214. The number of hydrogen-bond acceptors (Lipinski definition) is 6. The molecule has 1 fully saturated rings. The number of aliphatic hydroxyl groups is 1. The molecule has 0 bridgehead atoms. The minimum Gasteiger partial charge on any atom is -0.507 e. The topological polar surface area (TPSA) is 79.3 Å². The van der Waals surface area contributed by atoms with Crippen LogP contribution in [0, 0.1) is 0 Å². The number of aliphatic hydroxyl groups excluding tert-OH is 1. The van der Waals surface area contributed by atoms with Gasteiger partial charge in [0.2, 0.25) is 0 Å². The van der Waals surface area contributed by atoms with Crippen LogP contribution in [0.2, 0.25) is 0 Å². The van der Waals surface area contributed by atoms with Crippen LogP contribution in [0.1, 0.15) is 29.7 Å². The molecule has 1 saturated heterocycles. The van der Waals surface area contributed by atoms with Crippen LogP contribution in [0.5, 0.6) is 11.5 Å². The van der Waals surface area contributed by atoms with Gasteiger partial charge in [0.05, 0.1) is 25.3 Å². The smallest absolute Gasteiger partial charge is 0.295 e. The quantitative estimate of drug-likeness (QED) is 0.258. The van der Waals surface area contributed by atoms with Crippen LogP contribution in [0.4, 0.5) is 5.69 Å². The first-order valence-electron chi connectivity index (χ1n) is 12.3. The lowest BCUT2D eigenvalue weighted by Gasteiger charge is -2.26. The van der Waals surface area contributed by atoms with E-state index in [-0.39, 0.29) is 11.3 Å². The van der Waals surface area contributed by atoms with Crippen LogP contribution in [0.15, 0.2) is 78.4 Å². The number of rotatable bonds is 9. The Morgan fingerprint density at radius 1 is 0.973 bits per heavy atom. The summed E-state index contributed by atoms with van der Waals surface area (Å²) in [6.45, 7) is 2.66. The number of methoxy groups -OCH3 is 1. The minimum absolute atomic E-state index is 0.0750. The van der Waals surface area contributed by atoms with Crippen molar-refractivity contribution in [3.05, 3.63) is 95.1 Å². The monoisotopic (exact) mass is 500 g/mol. The van der Waals surface area contributed by atoms with Crippen molar-refractivity contribution in [2.75, 3.05) is 39.3 Å². The number of anilines is 1. The molecule has 1 aliphatic rings. The highest BCUT2D eigenvalue weighted by molar-refractivity contribution is 6.46. The van der Waals surface area contributed by atoms with E-state index in [9.17, 15) is 14.7 Å². The van der Waals surface area contributed by atoms with Crippen molar-refractivity contribution in [3.63, 3.8) is 0 Å². The standard InChI is InChI=1S/C30H32N2O5/c1-5-37-25-8-6-7-22(19-25)28(33)26-27(21-11-13-23(14-12-21)31(2)3)32(30(35)29(26)34)18-17-20-9-15-24(36-4)16-10-20/h6-16,19,27,33H,5,17-18H2,1-4H3/b28-26-. The SMILES string of the molecule is CCOc1cccc(/C(O)=C2/C(=O)C(=O)N(CCc3ccc(OC)cc3)C2c2ccc(N(C)C)cc2)c1. The van der Waals surface area contributed by atoms with Crippen molar-refractivity contribution in [1.82, 2.24) is 4.90 Å². The predicted molar refractivity (Wildman–Crippen MR) is 144 cm³/mol. The molecule has 0 aromatic heterocycles. The number of hydrogen-bond donors (Lipinski definition) is 1. The van der Waals surface area contributed by atoms with Gasteiger partial charge >= 0.3 is 0 Å². The van der Waals surface area contributed by atoms with Gasteiger partial charge in [-0.05, 0) is 60.9 Å². The summed E-state index contributed by atoms with van der Waals surface area (Å²) in [5.41, 5.74) is 3.25. The maximum absolute atomic E-state index is 13.3. The molecular weight excluding hydrogens is 468 g/mol. The third kappa shape index (κ3) is 5.45. The molecular formula is C30H32N2O5. The van der Waals surface area contributed by atoms with Crippen molar-refractivity contribution in [2.45, 2.75) is 19.4 Å². The Hall–Kier alpha value is -4.26. The summed E-state index contributed by atoms with van der Waals surface area (Å²) in [6, 6.07) is 21.5. The first kappa shape index (κ1) is 25.8. The van der Waals surface area contributed by atoms with Gasteiger partial charge < -0.3 is 24.4 Å². The summed E-state index contributed by atoms with van der Waals surface area (Å²) in [7, 11) is 5.50. The van der Waals surface area contributed by atoms with Crippen LogP contribution in [-0.4, -0.2) is 56.1 Å². The van der Waals surface area contributed by atoms with E-state index < -0.39 is 17.7 Å². The minimum atomic E-state index is -0.717. The molecule has 1 atom stereocenters. The summed E-state index contributed by atoms with van der Waals surface area (Å²) in [6.07, 6.45) is 0.545. The van der Waals surface area contributed by atoms with Crippen LogP contribution in [0.25, 0.3) is 5.76 Å². The molecule has 0 spiro atoms. The third-order valence-electron chi connectivity index (χ3n) is 6.48. The predicted octanol–water partition coefficient (Wildman–Crippen LogP) is 4.82. The molecule has 0 aliphatic carbocycles. The molecule has 1 unspecified atom stereocenters. The highest BCUT2D eigenvalue weighted by Crippen LogP contribution is 2.40. The average molecular weight is 501 g/mol. The highest BCUT2D eigenvalue weighted by atomic mass is 16.5. The molecule has 7 nitrogen and oxygen atoms in total. The van der Waals surface area contributed by atoms with Gasteiger partial charge in [0, 0.05) is 31.9 Å². The molecule has 0 saturated carbocycles. The second-order valence-corrected chi connectivity index (χ2v) is 9.04. The number of benzene rings is 3. The van der Waals surface area contributed by atoms with E-state index >= 15 is 0 Å². The number of carbonyl (C=O) groups is 2. The number of nitrogens with zero attached hydrogens (tertiary/aromatic N) is 2. The van der Waals surface area contributed by atoms with Gasteiger partial charge in [-0.1, -0.05) is 36.4 Å². The van der Waals surface area contributed by atoms with Gasteiger partial charge in [0.25, 0.3) is 11.7 Å². The van der Waals surface area contributed by atoms with E-state index in [1.54, 1.807) is 36.3 Å². The van der Waals surface area contributed by atoms with E-state index in [2.05, 4.69) is 0 Å². The fourth-order valence-corrected chi connectivity index (χ4v) is 4.51. The summed E-state index contributed by atoms with van der Waals surface area (Å²) in [4.78, 5) is 30.1. The lowest BCUT2D eigenvalue weighted by molar-refractivity contribution is -0.139. The second-order valence-electron chi connectivity index (χ2n) is 9.04. The van der Waals surface area contributed by atoms with Crippen LogP contribution in [0.3, 0.4) is 0 Å². The lowest BCUT2D eigenvalue weighted by Crippen LogP contribution is -2.31. The molecule has 3 aromatic rings. The molecule has 192 valence electrons. The van der Waals surface area contributed by atoms with Gasteiger partial charge in [0.15, 0.2) is 0 Å². The number of likely N-dealkylation sites (tertiary alicyclic amines) is 1. The number of amides is 1. The zero-order chi connectivity index (χ0) is 26.5.